The standard InChI is InChI=1S/C14H17N3OS/c1-10(8-13-6-3-7-19-13)16-14(18)17-12-5-2-4-11(15)9-12/h2-7,9-10H,8,15H2,1H3,(H2,16,17,18). The highest BCUT2D eigenvalue weighted by Crippen LogP contribution is 2.13. The van der Waals surface area contributed by atoms with Gasteiger partial charge in [0, 0.05) is 28.7 Å². The first-order chi connectivity index (χ1) is 9.13. The molecular formula is C14H17N3OS. The Morgan fingerprint density at radius 2 is 2.21 bits per heavy atom. The number of rotatable bonds is 4. The number of nitrogens with one attached hydrogen (secondary N) is 2. The lowest BCUT2D eigenvalue weighted by atomic mass is 10.2. The number of nitrogens with two attached hydrogens (primary N) is 1. The average Bonchev–Trinajstić information content (AvgIpc) is 2.81. The van der Waals surface area contributed by atoms with Crippen LogP contribution in [0.1, 0.15) is 11.8 Å². The molecule has 0 aliphatic rings. The van der Waals surface area contributed by atoms with E-state index in [-0.39, 0.29) is 12.1 Å². The monoisotopic (exact) mass is 275 g/mol. The summed E-state index contributed by atoms with van der Waals surface area (Å²) >= 11 is 1.70. The number of carbonyl (C=O) groups excluding carboxylic acids is 1. The fourth-order valence-corrected chi connectivity index (χ4v) is 2.62. The molecule has 1 unspecified atom stereocenters. The minimum absolute atomic E-state index is 0.0831. The lowest BCUT2D eigenvalue weighted by molar-refractivity contribution is 0.249. The summed E-state index contributed by atoms with van der Waals surface area (Å²) in [6.07, 6.45) is 0.835. The third kappa shape index (κ3) is 4.30. The van der Waals surface area contributed by atoms with Crippen LogP contribution in [0.4, 0.5) is 16.2 Å². The molecule has 0 aliphatic carbocycles. The van der Waals surface area contributed by atoms with Crippen molar-refractivity contribution in [3.05, 3.63) is 46.7 Å². The highest BCUT2D eigenvalue weighted by atomic mass is 32.1. The van der Waals surface area contributed by atoms with E-state index in [1.807, 2.05) is 18.4 Å². The van der Waals surface area contributed by atoms with E-state index in [9.17, 15) is 4.79 Å². The van der Waals surface area contributed by atoms with Gasteiger partial charge >= 0.3 is 6.03 Å². The lowest BCUT2D eigenvalue weighted by Gasteiger charge is -2.14. The van der Waals surface area contributed by atoms with Gasteiger partial charge in [0.05, 0.1) is 0 Å². The first-order valence-corrected chi connectivity index (χ1v) is 6.97. The number of carbonyl (C=O) groups is 1. The van der Waals surface area contributed by atoms with Gasteiger partial charge in [0.1, 0.15) is 0 Å². The fourth-order valence-electron chi connectivity index (χ4n) is 1.79. The Hall–Kier alpha value is -2.01. The molecule has 4 N–H and O–H groups in total. The molecule has 1 aromatic heterocycles. The summed E-state index contributed by atoms with van der Waals surface area (Å²) in [4.78, 5) is 13.1. The van der Waals surface area contributed by atoms with Crippen LogP contribution >= 0.6 is 11.3 Å². The van der Waals surface area contributed by atoms with E-state index in [0.717, 1.165) is 6.42 Å². The summed E-state index contributed by atoms with van der Waals surface area (Å²) in [6, 6.07) is 11.1. The van der Waals surface area contributed by atoms with Gasteiger partial charge in [-0.25, -0.2) is 4.79 Å². The topological polar surface area (TPSA) is 67.2 Å². The van der Waals surface area contributed by atoms with Crippen molar-refractivity contribution in [1.82, 2.24) is 5.32 Å². The van der Waals surface area contributed by atoms with Crippen molar-refractivity contribution in [2.45, 2.75) is 19.4 Å². The molecule has 1 atom stereocenters. The maximum atomic E-state index is 11.8. The van der Waals surface area contributed by atoms with Crippen LogP contribution in [-0.4, -0.2) is 12.1 Å². The van der Waals surface area contributed by atoms with Gasteiger partial charge < -0.3 is 16.4 Å². The normalized spacial score (nSPS) is 11.8. The molecule has 4 nitrogen and oxygen atoms in total. The van der Waals surface area contributed by atoms with Crippen molar-refractivity contribution in [2.24, 2.45) is 0 Å². The summed E-state index contributed by atoms with van der Waals surface area (Å²) in [5, 5.41) is 7.71. The maximum Gasteiger partial charge on any atom is 0.319 e. The summed E-state index contributed by atoms with van der Waals surface area (Å²) in [7, 11) is 0. The van der Waals surface area contributed by atoms with Crippen molar-refractivity contribution in [2.75, 3.05) is 11.1 Å². The van der Waals surface area contributed by atoms with Gasteiger partial charge in [-0.15, -0.1) is 11.3 Å². The Morgan fingerprint density at radius 1 is 1.37 bits per heavy atom. The summed E-state index contributed by atoms with van der Waals surface area (Å²) < 4.78 is 0. The van der Waals surface area contributed by atoms with Gasteiger partial charge in [-0.1, -0.05) is 12.1 Å². The van der Waals surface area contributed by atoms with Crippen molar-refractivity contribution < 1.29 is 4.79 Å². The van der Waals surface area contributed by atoms with E-state index >= 15 is 0 Å². The molecule has 5 heteroatoms. The van der Waals surface area contributed by atoms with Crippen LogP contribution in [0.3, 0.4) is 0 Å². The Balaban J connectivity index is 1.84. The molecule has 1 aromatic carbocycles. The van der Waals surface area contributed by atoms with Crippen LogP contribution < -0.4 is 16.4 Å². The second-order valence-electron chi connectivity index (χ2n) is 4.41. The van der Waals surface area contributed by atoms with Crippen LogP contribution in [0, 0.1) is 0 Å². The van der Waals surface area contributed by atoms with Crippen molar-refractivity contribution in [3.63, 3.8) is 0 Å². The number of benzene rings is 1. The Labute approximate surface area is 116 Å². The average molecular weight is 275 g/mol. The molecule has 2 amide bonds. The summed E-state index contributed by atoms with van der Waals surface area (Å²) in [5.41, 5.74) is 6.98. The Kier molecular flexibility index (Phi) is 4.41. The second-order valence-corrected chi connectivity index (χ2v) is 5.44. The number of hydrogen-bond acceptors (Lipinski definition) is 3. The molecule has 19 heavy (non-hydrogen) atoms. The fraction of sp³-hybridized carbons (Fsp3) is 0.214. The molecule has 0 saturated carbocycles. The molecule has 2 aromatic rings. The maximum absolute atomic E-state index is 11.8. The van der Waals surface area contributed by atoms with Crippen molar-refractivity contribution in [3.8, 4) is 0 Å². The molecule has 0 radical (unpaired) electrons. The molecule has 1 heterocycles. The van der Waals surface area contributed by atoms with Gasteiger partial charge in [-0.3, -0.25) is 0 Å². The minimum Gasteiger partial charge on any atom is -0.399 e. The number of hydrogen-bond donors (Lipinski definition) is 3. The quantitative estimate of drug-likeness (QED) is 0.751. The van der Waals surface area contributed by atoms with Crippen LogP contribution in [0.5, 0.6) is 0 Å². The number of amides is 2. The predicted octanol–water partition coefficient (Wildman–Crippen LogP) is 3.08. The third-order valence-corrected chi connectivity index (χ3v) is 3.51. The molecule has 0 fully saturated rings. The first-order valence-electron chi connectivity index (χ1n) is 6.09. The van der Waals surface area contributed by atoms with E-state index in [2.05, 4.69) is 16.7 Å². The number of anilines is 2. The smallest absolute Gasteiger partial charge is 0.319 e. The molecule has 0 spiro atoms. The summed E-state index contributed by atoms with van der Waals surface area (Å²) in [6.45, 7) is 1.98. The highest BCUT2D eigenvalue weighted by molar-refractivity contribution is 7.09. The Morgan fingerprint density at radius 3 is 2.89 bits per heavy atom. The van der Waals surface area contributed by atoms with E-state index in [1.54, 1.807) is 35.6 Å². The van der Waals surface area contributed by atoms with Gasteiger partial charge in [0.25, 0.3) is 0 Å². The Bertz CT molecular complexity index is 539. The molecule has 0 bridgehead atoms. The second kappa shape index (κ2) is 6.24. The molecule has 2 rings (SSSR count). The van der Waals surface area contributed by atoms with Gasteiger partial charge in [-0.05, 0) is 36.6 Å². The number of nitrogen functional groups attached to an aromatic ring is 1. The van der Waals surface area contributed by atoms with E-state index < -0.39 is 0 Å². The van der Waals surface area contributed by atoms with Crippen molar-refractivity contribution in [1.29, 1.82) is 0 Å². The van der Waals surface area contributed by atoms with E-state index in [0.29, 0.717) is 11.4 Å². The van der Waals surface area contributed by atoms with Crippen LogP contribution in [0.15, 0.2) is 41.8 Å². The molecule has 0 saturated heterocycles. The molecule has 100 valence electrons. The highest BCUT2D eigenvalue weighted by Gasteiger charge is 2.08. The van der Waals surface area contributed by atoms with Crippen LogP contribution in [-0.2, 0) is 6.42 Å². The van der Waals surface area contributed by atoms with Gasteiger partial charge in [-0.2, -0.15) is 0 Å². The van der Waals surface area contributed by atoms with E-state index in [1.165, 1.54) is 4.88 Å². The van der Waals surface area contributed by atoms with Gasteiger partial charge in [0.15, 0.2) is 0 Å². The molecule has 0 aliphatic heterocycles. The number of thiophene rings is 1. The van der Waals surface area contributed by atoms with Crippen molar-refractivity contribution >= 4 is 28.7 Å². The van der Waals surface area contributed by atoms with Crippen LogP contribution in [0.25, 0.3) is 0 Å². The van der Waals surface area contributed by atoms with Crippen LogP contribution in [0.2, 0.25) is 0 Å². The van der Waals surface area contributed by atoms with E-state index in [4.69, 9.17) is 5.73 Å². The zero-order valence-corrected chi connectivity index (χ0v) is 11.5. The zero-order chi connectivity index (χ0) is 13.7. The summed E-state index contributed by atoms with van der Waals surface area (Å²) in [5.74, 6) is 0. The first kappa shape index (κ1) is 13.4. The van der Waals surface area contributed by atoms with Gasteiger partial charge in [0.2, 0.25) is 0 Å². The third-order valence-electron chi connectivity index (χ3n) is 2.61. The zero-order valence-electron chi connectivity index (χ0n) is 10.7. The predicted molar refractivity (Wildman–Crippen MR) is 80.5 cm³/mol. The minimum atomic E-state index is -0.213. The largest absolute Gasteiger partial charge is 0.399 e. The lowest BCUT2D eigenvalue weighted by Crippen LogP contribution is -2.37. The molecular weight excluding hydrogens is 258 g/mol. The SMILES string of the molecule is CC(Cc1cccs1)NC(=O)Nc1cccc(N)c1. The number of urea groups is 1.